The number of hydrogen-bond donors (Lipinski definition) is 2. The molecule has 28 heavy (non-hydrogen) atoms. The van der Waals surface area contributed by atoms with Gasteiger partial charge in [0.2, 0.25) is 5.91 Å². The third-order valence-electron chi connectivity index (χ3n) is 4.71. The topological polar surface area (TPSA) is 63.1 Å². The molecule has 0 unspecified atom stereocenters. The molecule has 0 radical (unpaired) electrons. The normalized spacial score (nSPS) is 11.0. The number of aryl methyl sites for hydroxylation is 2. The van der Waals surface area contributed by atoms with Gasteiger partial charge in [0.25, 0.3) is 5.91 Å². The van der Waals surface area contributed by atoms with Crippen LogP contribution < -0.4 is 10.6 Å². The van der Waals surface area contributed by atoms with E-state index in [0.29, 0.717) is 31.0 Å². The Labute approximate surface area is 165 Å². The maximum atomic E-state index is 12.4. The second kappa shape index (κ2) is 8.74. The largest absolute Gasteiger partial charge is 0.351 e. The van der Waals surface area contributed by atoms with Gasteiger partial charge in [0.1, 0.15) is 5.69 Å². The molecule has 0 aliphatic carbocycles. The number of nitrogens with zero attached hydrogens (tertiary/aromatic N) is 1. The minimum Gasteiger partial charge on any atom is -0.351 e. The first-order valence-electron chi connectivity index (χ1n) is 9.65. The standard InChI is InChI=1S/C23H27N3O2/c1-16(2)15-24-23(28)21-14-18-13-19(10-11-20(18)26(21)3)25-22(27)12-9-17-7-5-4-6-8-17/h4-8,10-11,13-14,16H,9,12,15H2,1-3H3,(H,24,28)(H,25,27). The molecule has 5 heteroatoms. The van der Waals surface area contributed by atoms with Crippen molar-refractivity contribution in [3.8, 4) is 0 Å². The number of hydrogen-bond acceptors (Lipinski definition) is 2. The zero-order valence-corrected chi connectivity index (χ0v) is 16.7. The molecule has 0 aliphatic rings. The Bertz CT molecular complexity index is 974. The van der Waals surface area contributed by atoms with E-state index in [0.717, 1.165) is 22.2 Å². The number of aromatic nitrogens is 1. The Morgan fingerprint density at radius 2 is 1.79 bits per heavy atom. The van der Waals surface area contributed by atoms with Crippen molar-refractivity contribution in [2.24, 2.45) is 13.0 Å². The number of carbonyl (C=O) groups excluding carboxylic acids is 2. The molecule has 3 aromatic rings. The summed E-state index contributed by atoms with van der Waals surface area (Å²) in [5.41, 5.74) is 3.46. The van der Waals surface area contributed by atoms with Gasteiger partial charge in [-0.15, -0.1) is 0 Å². The molecule has 0 saturated heterocycles. The number of rotatable bonds is 7. The molecule has 0 fully saturated rings. The molecule has 0 aliphatic heterocycles. The molecule has 1 heterocycles. The smallest absolute Gasteiger partial charge is 0.267 e. The molecule has 3 rings (SSSR count). The first kappa shape index (κ1) is 19.7. The Morgan fingerprint density at radius 3 is 2.50 bits per heavy atom. The molecule has 0 bridgehead atoms. The predicted octanol–water partition coefficient (Wildman–Crippen LogP) is 4.14. The third kappa shape index (κ3) is 4.80. The SMILES string of the molecule is CC(C)CNC(=O)c1cc2cc(NC(=O)CCc3ccccc3)ccc2n1C. The predicted molar refractivity (Wildman–Crippen MR) is 113 cm³/mol. The third-order valence-corrected chi connectivity index (χ3v) is 4.71. The molecule has 0 spiro atoms. The van der Waals surface area contributed by atoms with E-state index in [1.807, 2.05) is 66.2 Å². The van der Waals surface area contributed by atoms with E-state index in [4.69, 9.17) is 0 Å². The summed E-state index contributed by atoms with van der Waals surface area (Å²) in [6.07, 6.45) is 1.14. The van der Waals surface area contributed by atoms with Crippen LogP contribution >= 0.6 is 0 Å². The van der Waals surface area contributed by atoms with Crippen molar-refractivity contribution in [1.29, 1.82) is 0 Å². The summed E-state index contributed by atoms with van der Waals surface area (Å²) in [4.78, 5) is 24.7. The van der Waals surface area contributed by atoms with E-state index >= 15 is 0 Å². The number of carbonyl (C=O) groups is 2. The highest BCUT2D eigenvalue weighted by atomic mass is 16.2. The lowest BCUT2D eigenvalue weighted by Crippen LogP contribution is -2.28. The summed E-state index contributed by atoms with van der Waals surface area (Å²) in [6, 6.07) is 17.6. The van der Waals surface area contributed by atoms with Crippen LogP contribution in [0.3, 0.4) is 0 Å². The van der Waals surface area contributed by atoms with Crippen LogP contribution in [0.25, 0.3) is 10.9 Å². The molecular formula is C23H27N3O2. The fourth-order valence-electron chi connectivity index (χ4n) is 3.16. The second-order valence-electron chi connectivity index (χ2n) is 7.50. The van der Waals surface area contributed by atoms with Gasteiger partial charge in [0.05, 0.1) is 0 Å². The van der Waals surface area contributed by atoms with Crippen LogP contribution in [0, 0.1) is 5.92 Å². The first-order chi connectivity index (χ1) is 13.4. The van der Waals surface area contributed by atoms with Crippen molar-refractivity contribution >= 4 is 28.4 Å². The van der Waals surface area contributed by atoms with Gasteiger partial charge in [-0.2, -0.15) is 0 Å². The number of fused-ring (bicyclic) bond motifs is 1. The second-order valence-corrected chi connectivity index (χ2v) is 7.50. The van der Waals surface area contributed by atoms with Crippen LogP contribution in [-0.4, -0.2) is 22.9 Å². The van der Waals surface area contributed by atoms with Crippen molar-refractivity contribution in [2.75, 3.05) is 11.9 Å². The van der Waals surface area contributed by atoms with Gasteiger partial charge >= 0.3 is 0 Å². The summed E-state index contributed by atoms with van der Waals surface area (Å²) in [7, 11) is 1.88. The Morgan fingerprint density at radius 1 is 1.04 bits per heavy atom. The van der Waals surface area contributed by atoms with E-state index in [1.54, 1.807) is 0 Å². The fraction of sp³-hybridized carbons (Fsp3) is 0.304. The van der Waals surface area contributed by atoms with Gasteiger partial charge < -0.3 is 15.2 Å². The highest BCUT2D eigenvalue weighted by Gasteiger charge is 2.14. The van der Waals surface area contributed by atoms with Crippen molar-refractivity contribution in [2.45, 2.75) is 26.7 Å². The summed E-state index contributed by atoms with van der Waals surface area (Å²) in [5, 5.41) is 6.83. The monoisotopic (exact) mass is 377 g/mol. The molecule has 1 aromatic heterocycles. The van der Waals surface area contributed by atoms with Crippen molar-refractivity contribution in [3.05, 3.63) is 65.9 Å². The lowest BCUT2D eigenvalue weighted by Gasteiger charge is -2.08. The molecular weight excluding hydrogens is 350 g/mol. The zero-order chi connectivity index (χ0) is 20.1. The van der Waals surface area contributed by atoms with Crippen LogP contribution in [0.1, 0.15) is 36.3 Å². The van der Waals surface area contributed by atoms with E-state index in [2.05, 4.69) is 24.5 Å². The van der Waals surface area contributed by atoms with E-state index in [1.165, 1.54) is 0 Å². The summed E-state index contributed by atoms with van der Waals surface area (Å²) >= 11 is 0. The Balaban J connectivity index is 1.68. The van der Waals surface area contributed by atoms with Crippen LogP contribution in [0.5, 0.6) is 0 Å². The number of anilines is 1. The van der Waals surface area contributed by atoms with Crippen LogP contribution in [0.15, 0.2) is 54.6 Å². The van der Waals surface area contributed by atoms with Gasteiger partial charge in [-0.1, -0.05) is 44.2 Å². The highest BCUT2D eigenvalue weighted by Crippen LogP contribution is 2.23. The molecule has 2 aromatic carbocycles. The van der Waals surface area contributed by atoms with Crippen molar-refractivity contribution in [3.63, 3.8) is 0 Å². The van der Waals surface area contributed by atoms with E-state index in [9.17, 15) is 9.59 Å². The molecule has 146 valence electrons. The highest BCUT2D eigenvalue weighted by molar-refractivity contribution is 6.00. The average molecular weight is 377 g/mol. The molecule has 0 atom stereocenters. The average Bonchev–Trinajstić information content (AvgIpc) is 3.01. The Hall–Kier alpha value is -3.08. The van der Waals surface area contributed by atoms with Gasteiger partial charge in [-0.05, 0) is 42.2 Å². The van der Waals surface area contributed by atoms with Gasteiger partial charge in [-0.25, -0.2) is 0 Å². The van der Waals surface area contributed by atoms with E-state index in [-0.39, 0.29) is 11.8 Å². The fourth-order valence-corrected chi connectivity index (χ4v) is 3.16. The Kier molecular flexibility index (Phi) is 6.14. The molecule has 2 N–H and O–H groups in total. The van der Waals surface area contributed by atoms with Crippen molar-refractivity contribution in [1.82, 2.24) is 9.88 Å². The number of nitrogens with one attached hydrogen (secondary N) is 2. The van der Waals surface area contributed by atoms with Crippen LogP contribution in [-0.2, 0) is 18.3 Å². The maximum Gasteiger partial charge on any atom is 0.267 e. The zero-order valence-electron chi connectivity index (χ0n) is 16.7. The molecule has 5 nitrogen and oxygen atoms in total. The molecule has 2 amide bonds. The van der Waals surface area contributed by atoms with Gasteiger partial charge in [-0.3, -0.25) is 9.59 Å². The maximum absolute atomic E-state index is 12.4. The van der Waals surface area contributed by atoms with Crippen LogP contribution in [0.4, 0.5) is 5.69 Å². The van der Waals surface area contributed by atoms with Gasteiger partial charge in [0.15, 0.2) is 0 Å². The lowest BCUT2D eigenvalue weighted by molar-refractivity contribution is -0.116. The van der Waals surface area contributed by atoms with E-state index < -0.39 is 0 Å². The minimum absolute atomic E-state index is 0.0194. The first-order valence-corrected chi connectivity index (χ1v) is 9.65. The summed E-state index contributed by atoms with van der Waals surface area (Å²) < 4.78 is 1.88. The summed E-state index contributed by atoms with van der Waals surface area (Å²) in [6.45, 7) is 4.77. The molecule has 0 saturated carbocycles. The van der Waals surface area contributed by atoms with Gasteiger partial charge in [0, 0.05) is 36.6 Å². The quantitative estimate of drug-likeness (QED) is 0.650. The number of amides is 2. The summed E-state index contributed by atoms with van der Waals surface area (Å²) in [5.74, 6) is 0.297. The minimum atomic E-state index is -0.0825. The van der Waals surface area contributed by atoms with Crippen LogP contribution in [0.2, 0.25) is 0 Å². The van der Waals surface area contributed by atoms with Crippen molar-refractivity contribution < 1.29 is 9.59 Å². The lowest BCUT2D eigenvalue weighted by atomic mass is 10.1. The number of benzene rings is 2.